The smallest absolute Gasteiger partial charge is 0.303 e. The third kappa shape index (κ3) is 6.51. The number of aryl methyl sites for hydroxylation is 1. The summed E-state index contributed by atoms with van der Waals surface area (Å²) < 4.78 is 12.1. The van der Waals surface area contributed by atoms with Crippen molar-refractivity contribution < 1.29 is 23.8 Å². The molecular weight excluding hydrogens is 444 g/mol. The Morgan fingerprint density at radius 3 is 2.60 bits per heavy atom. The predicted octanol–water partition coefficient (Wildman–Crippen LogP) is 5.14. The monoisotopic (exact) mass is 482 g/mol. The van der Waals surface area contributed by atoms with E-state index in [0.29, 0.717) is 30.0 Å². The van der Waals surface area contributed by atoms with Crippen LogP contribution in [0.3, 0.4) is 0 Å². The second kappa shape index (κ2) is 10.9. The Balaban J connectivity index is 1.40. The number of carboxylic acid groups (broad SMARTS) is 1. The fraction of sp³-hybridized carbons (Fsp3) is 0.607. The number of carboxylic acids is 1. The quantitative estimate of drug-likeness (QED) is 0.430. The molecule has 2 bridgehead atoms. The Kier molecular flexibility index (Phi) is 7.95. The average Bonchev–Trinajstić information content (AvgIpc) is 3.54. The summed E-state index contributed by atoms with van der Waals surface area (Å²) in [4.78, 5) is 28.3. The maximum atomic E-state index is 12.6. The van der Waals surface area contributed by atoms with Gasteiger partial charge in [0.1, 0.15) is 6.26 Å². The van der Waals surface area contributed by atoms with Gasteiger partial charge in [-0.3, -0.25) is 9.59 Å². The number of unbranched alkanes of at least 4 members (excludes halogenated alkanes) is 1. The maximum Gasteiger partial charge on any atom is 0.303 e. The number of hydrogen-bond acceptors (Lipinski definition) is 5. The Bertz CT molecular complexity index is 1020. The molecule has 1 aromatic heterocycles. The van der Waals surface area contributed by atoms with Crippen LogP contribution in [0.25, 0.3) is 0 Å². The molecule has 4 rings (SSSR count). The number of fused-ring (bicyclic) bond motifs is 2. The fourth-order valence-electron chi connectivity index (χ4n) is 5.49. The average molecular weight is 483 g/mol. The number of amides is 1. The summed E-state index contributed by atoms with van der Waals surface area (Å²) in [6, 6.07) is 8.04. The molecule has 0 unspecified atom stereocenters. The van der Waals surface area contributed by atoms with Crippen molar-refractivity contribution in [3.05, 3.63) is 53.2 Å². The van der Waals surface area contributed by atoms with Crippen molar-refractivity contribution in [2.45, 2.75) is 90.3 Å². The summed E-state index contributed by atoms with van der Waals surface area (Å²) in [5.41, 5.74) is 2.84. The largest absolute Gasteiger partial charge is 0.481 e. The van der Waals surface area contributed by atoms with Gasteiger partial charge in [0.05, 0.1) is 18.1 Å². The standard InChI is InChI=1S/C28H38N2O5/c1-28(2,3)14-6-7-15-29-26(33)21-17-34-27(30-21)25-20(22-11-12-23(25)35-22)16-19-9-5-4-8-18(19)10-13-24(31)32/h4-5,8-9,17,20,22-23,25H,6-7,10-16H2,1-3H3,(H,29,33)(H,31,32)/t20-,22-,23+,25-/m0/s1. The number of ether oxygens (including phenoxy) is 1. The molecule has 2 aliphatic heterocycles. The van der Waals surface area contributed by atoms with E-state index in [2.05, 4.69) is 37.1 Å². The van der Waals surface area contributed by atoms with Crippen molar-refractivity contribution >= 4 is 11.9 Å². The van der Waals surface area contributed by atoms with Crippen LogP contribution in [0.15, 0.2) is 34.9 Å². The van der Waals surface area contributed by atoms with E-state index in [1.54, 1.807) is 0 Å². The second-order valence-electron chi connectivity index (χ2n) is 11.2. The molecule has 35 heavy (non-hydrogen) atoms. The molecule has 0 spiro atoms. The molecular formula is C28H38N2O5. The highest BCUT2D eigenvalue weighted by atomic mass is 16.5. The van der Waals surface area contributed by atoms with Crippen LogP contribution >= 0.6 is 0 Å². The minimum Gasteiger partial charge on any atom is -0.481 e. The van der Waals surface area contributed by atoms with Crippen molar-refractivity contribution in [1.29, 1.82) is 0 Å². The molecule has 7 nitrogen and oxygen atoms in total. The van der Waals surface area contributed by atoms with E-state index in [1.807, 2.05) is 18.2 Å². The van der Waals surface area contributed by atoms with E-state index in [1.165, 1.54) is 6.26 Å². The molecule has 0 aliphatic carbocycles. The molecule has 1 aromatic carbocycles. The van der Waals surface area contributed by atoms with Gasteiger partial charge in [-0.2, -0.15) is 0 Å². The summed E-state index contributed by atoms with van der Waals surface area (Å²) in [5.74, 6) is -0.236. The molecule has 3 heterocycles. The molecule has 2 aliphatic rings. The third-order valence-electron chi connectivity index (χ3n) is 7.29. The van der Waals surface area contributed by atoms with Crippen LogP contribution in [-0.2, 0) is 22.4 Å². The Hall–Kier alpha value is -2.67. The summed E-state index contributed by atoms with van der Waals surface area (Å²) in [7, 11) is 0. The van der Waals surface area contributed by atoms with Gasteiger partial charge >= 0.3 is 5.97 Å². The maximum absolute atomic E-state index is 12.6. The molecule has 7 heteroatoms. The Labute approximate surface area is 207 Å². The number of aliphatic carboxylic acids is 1. The first-order valence-electron chi connectivity index (χ1n) is 12.9. The number of aromatic nitrogens is 1. The lowest BCUT2D eigenvalue weighted by Crippen LogP contribution is -2.28. The number of rotatable bonds is 11. The van der Waals surface area contributed by atoms with Gasteiger partial charge in [0.15, 0.2) is 5.69 Å². The highest BCUT2D eigenvalue weighted by molar-refractivity contribution is 5.91. The van der Waals surface area contributed by atoms with Crippen molar-refractivity contribution in [2.75, 3.05) is 6.54 Å². The normalized spacial score (nSPS) is 23.5. The van der Waals surface area contributed by atoms with Crippen molar-refractivity contribution in [2.24, 2.45) is 11.3 Å². The topological polar surface area (TPSA) is 102 Å². The van der Waals surface area contributed by atoms with Gasteiger partial charge in [0, 0.05) is 18.9 Å². The summed E-state index contributed by atoms with van der Waals surface area (Å²) in [6.45, 7) is 7.31. The van der Waals surface area contributed by atoms with E-state index < -0.39 is 5.97 Å². The molecule has 0 saturated carbocycles. The van der Waals surface area contributed by atoms with Crippen LogP contribution in [-0.4, -0.2) is 40.7 Å². The van der Waals surface area contributed by atoms with Gasteiger partial charge in [-0.25, -0.2) is 4.98 Å². The van der Waals surface area contributed by atoms with Gasteiger partial charge in [0.2, 0.25) is 5.89 Å². The van der Waals surface area contributed by atoms with E-state index in [9.17, 15) is 9.59 Å². The lowest BCUT2D eigenvalue weighted by molar-refractivity contribution is -0.136. The third-order valence-corrected chi connectivity index (χ3v) is 7.29. The molecule has 2 fully saturated rings. The lowest BCUT2D eigenvalue weighted by atomic mass is 9.75. The number of carbonyl (C=O) groups is 2. The molecule has 2 saturated heterocycles. The van der Waals surface area contributed by atoms with Gasteiger partial charge in [-0.1, -0.05) is 51.5 Å². The lowest BCUT2D eigenvalue weighted by Gasteiger charge is -2.26. The highest BCUT2D eigenvalue weighted by Gasteiger charge is 2.51. The highest BCUT2D eigenvalue weighted by Crippen LogP contribution is 2.50. The van der Waals surface area contributed by atoms with Crippen molar-refractivity contribution in [1.82, 2.24) is 10.3 Å². The summed E-state index contributed by atoms with van der Waals surface area (Å²) >= 11 is 0. The van der Waals surface area contributed by atoms with Crippen LogP contribution in [0.1, 0.15) is 92.7 Å². The zero-order valence-corrected chi connectivity index (χ0v) is 21.1. The minimum absolute atomic E-state index is 0.00499. The summed E-state index contributed by atoms with van der Waals surface area (Å²) in [5, 5.41) is 12.1. The van der Waals surface area contributed by atoms with Crippen LogP contribution < -0.4 is 5.32 Å². The molecule has 1 amide bonds. The van der Waals surface area contributed by atoms with Gasteiger partial charge < -0.3 is 19.6 Å². The van der Waals surface area contributed by atoms with E-state index in [4.69, 9.17) is 14.3 Å². The number of hydrogen-bond donors (Lipinski definition) is 2. The van der Waals surface area contributed by atoms with Gasteiger partial charge in [-0.05, 0) is 55.1 Å². The van der Waals surface area contributed by atoms with Crippen LogP contribution in [0.5, 0.6) is 0 Å². The molecule has 2 N–H and O–H groups in total. The number of nitrogens with zero attached hydrogens (tertiary/aromatic N) is 1. The zero-order valence-electron chi connectivity index (χ0n) is 21.1. The van der Waals surface area contributed by atoms with Crippen molar-refractivity contribution in [3.8, 4) is 0 Å². The number of nitrogens with one attached hydrogen (secondary N) is 1. The van der Waals surface area contributed by atoms with Crippen molar-refractivity contribution in [3.63, 3.8) is 0 Å². The van der Waals surface area contributed by atoms with Gasteiger partial charge in [-0.15, -0.1) is 0 Å². The Morgan fingerprint density at radius 2 is 1.86 bits per heavy atom. The molecule has 2 aromatic rings. The molecule has 0 radical (unpaired) electrons. The number of carbonyl (C=O) groups excluding carboxylic acids is 1. The SMILES string of the molecule is CC(C)(C)CCCCNC(=O)c1coc([C@H]2[C@@H](Cc3ccccc3CCC(=O)O)[C@@H]3CC[C@H]2O3)n1. The van der Waals surface area contributed by atoms with Crippen LogP contribution in [0, 0.1) is 11.3 Å². The number of oxazole rings is 1. The Morgan fingerprint density at radius 1 is 1.11 bits per heavy atom. The first kappa shape index (κ1) is 25.4. The van der Waals surface area contributed by atoms with Crippen LogP contribution in [0.2, 0.25) is 0 Å². The minimum atomic E-state index is -0.791. The summed E-state index contributed by atoms with van der Waals surface area (Å²) in [6.07, 6.45) is 8.15. The fourth-order valence-corrected chi connectivity index (χ4v) is 5.49. The van der Waals surface area contributed by atoms with E-state index >= 15 is 0 Å². The van der Waals surface area contributed by atoms with E-state index in [-0.39, 0.29) is 36.4 Å². The van der Waals surface area contributed by atoms with Crippen LogP contribution in [0.4, 0.5) is 0 Å². The second-order valence-corrected chi connectivity index (χ2v) is 11.2. The number of benzene rings is 1. The molecule has 4 atom stereocenters. The molecule has 190 valence electrons. The van der Waals surface area contributed by atoms with Gasteiger partial charge in [0.25, 0.3) is 5.91 Å². The van der Waals surface area contributed by atoms with E-state index in [0.717, 1.165) is 49.7 Å². The predicted molar refractivity (Wildman–Crippen MR) is 132 cm³/mol. The first-order valence-corrected chi connectivity index (χ1v) is 12.9. The zero-order chi connectivity index (χ0) is 25.0. The first-order chi connectivity index (χ1) is 16.7.